The fourth-order valence-electron chi connectivity index (χ4n) is 2.64. The predicted octanol–water partition coefficient (Wildman–Crippen LogP) is 1.52. The van der Waals surface area contributed by atoms with Crippen LogP contribution >= 0.6 is 0 Å². The Morgan fingerprint density at radius 2 is 1.90 bits per heavy atom. The Morgan fingerprint density at radius 1 is 1.24 bits per heavy atom. The van der Waals surface area contributed by atoms with Gasteiger partial charge in [0.1, 0.15) is 5.54 Å². The van der Waals surface area contributed by atoms with Gasteiger partial charge in [0.15, 0.2) is 0 Å². The Hall–Kier alpha value is -2.40. The van der Waals surface area contributed by atoms with Crippen molar-refractivity contribution in [3.8, 4) is 5.88 Å². The smallest absolute Gasteiger partial charge is 0.245 e. The monoisotopic (exact) mass is 283 g/mol. The van der Waals surface area contributed by atoms with Crippen molar-refractivity contribution >= 4 is 11.6 Å². The van der Waals surface area contributed by atoms with Crippen molar-refractivity contribution in [1.29, 1.82) is 0 Å². The zero-order valence-corrected chi connectivity index (χ0v) is 11.8. The van der Waals surface area contributed by atoms with Crippen LogP contribution in [0, 0.1) is 0 Å². The summed E-state index contributed by atoms with van der Waals surface area (Å²) in [5.41, 5.74) is 8.30. The molecule has 1 aromatic carbocycles. The number of anilines is 1. The van der Waals surface area contributed by atoms with Crippen molar-refractivity contribution in [2.75, 3.05) is 12.4 Å². The lowest BCUT2D eigenvalue weighted by Crippen LogP contribution is -2.52. The zero-order valence-electron chi connectivity index (χ0n) is 11.8. The molecule has 21 heavy (non-hydrogen) atoms. The van der Waals surface area contributed by atoms with Crippen molar-refractivity contribution < 1.29 is 9.53 Å². The summed E-state index contributed by atoms with van der Waals surface area (Å²) in [7, 11) is 1.55. The van der Waals surface area contributed by atoms with Gasteiger partial charge >= 0.3 is 0 Å². The Labute approximate surface area is 123 Å². The number of rotatable bonds is 3. The van der Waals surface area contributed by atoms with Crippen molar-refractivity contribution in [1.82, 2.24) is 4.98 Å². The van der Waals surface area contributed by atoms with E-state index in [0.717, 1.165) is 11.1 Å². The van der Waals surface area contributed by atoms with Crippen molar-refractivity contribution in [3.63, 3.8) is 0 Å². The van der Waals surface area contributed by atoms with Crippen LogP contribution in [0.15, 0.2) is 42.6 Å². The van der Waals surface area contributed by atoms with Crippen LogP contribution in [-0.2, 0) is 17.6 Å². The van der Waals surface area contributed by atoms with E-state index in [1.807, 2.05) is 24.3 Å². The summed E-state index contributed by atoms with van der Waals surface area (Å²) < 4.78 is 4.99. The SMILES string of the molecule is COc1ccc(NC(=O)C2(N)Cc3ccccc3C2)cn1. The number of aromatic nitrogens is 1. The van der Waals surface area contributed by atoms with E-state index >= 15 is 0 Å². The van der Waals surface area contributed by atoms with Gasteiger partial charge in [-0.2, -0.15) is 0 Å². The first-order valence-corrected chi connectivity index (χ1v) is 6.78. The van der Waals surface area contributed by atoms with Gasteiger partial charge in [-0.1, -0.05) is 24.3 Å². The molecule has 0 aliphatic heterocycles. The second-order valence-electron chi connectivity index (χ2n) is 5.32. The summed E-state index contributed by atoms with van der Waals surface area (Å²) in [5, 5.41) is 2.83. The Morgan fingerprint density at radius 3 is 2.43 bits per heavy atom. The Balaban J connectivity index is 1.74. The number of nitrogens with two attached hydrogens (primary N) is 1. The number of fused-ring (bicyclic) bond motifs is 1. The fourth-order valence-corrected chi connectivity index (χ4v) is 2.64. The molecule has 1 aliphatic rings. The number of hydrogen-bond donors (Lipinski definition) is 2. The van der Waals surface area contributed by atoms with E-state index in [1.54, 1.807) is 25.4 Å². The molecule has 3 rings (SSSR count). The summed E-state index contributed by atoms with van der Waals surface area (Å²) in [6, 6.07) is 11.4. The maximum Gasteiger partial charge on any atom is 0.245 e. The molecule has 5 heteroatoms. The number of nitrogens with one attached hydrogen (secondary N) is 1. The van der Waals surface area contributed by atoms with Gasteiger partial charge in [0.2, 0.25) is 11.8 Å². The molecule has 2 aromatic rings. The number of carbonyl (C=O) groups excluding carboxylic acids is 1. The lowest BCUT2D eigenvalue weighted by Gasteiger charge is -2.22. The highest BCUT2D eigenvalue weighted by Gasteiger charge is 2.40. The fraction of sp³-hybridized carbons (Fsp3) is 0.250. The maximum absolute atomic E-state index is 12.5. The number of pyridine rings is 1. The summed E-state index contributed by atoms with van der Waals surface area (Å²) in [6.45, 7) is 0. The molecule has 0 saturated heterocycles. The van der Waals surface area contributed by atoms with E-state index in [2.05, 4.69) is 10.3 Å². The van der Waals surface area contributed by atoms with Crippen molar-refractivity contribution in [2.24, 2.45) is 5.73 Å². The predicted molar refractivity (Wildman–Crippen MR) is 80.2 cm³/mol. The maximum atomic E-state index is 12.5. The molecule has 0 bridgehead atoms. The van der Waals surface area contributed by atoms with Gasteiger partial charge in [0.25, 0.3) is 0 Å². The largest absolute Gasteiger partial charge is 0.481 e. The molecular weight excluding hydrogens is 266 g/mol. The lowest BCUT2D eigenvalue weighted by atomic mass is 9.96. The minimum absolute atomic E-state index is 0.189. The van der Waals surface area contributed by atoms with E-state index in [-0.39, 0.29) is 5.91 Å². The van der Waals surface area contributed by atoms with Gasteiger partial charge in [-0.25, -0.2) is 4.98 Å². The topological polar surface area (TPSA) is 77.2 Å². The van der Waals surface area contributed by atoms with Crippen LogP contribution in [0.4, 0.5) is 5.69 Å². The minimum Gasteiger partial charge on any atom is -0.481 e. The molecule has 5 nitrogen and oxygen atoms in total. The number of nitrogens with zero attached hydrogens (tertiary/aromatic N) is 1. The quantitative estimate of drug-likeness (QED) is 0.895. The van der Waals surface area contributed by atoms with Crippen LogP contribution in [0.1, 0.15) is 11.1 Å². The second kappa shape index (κ2) is 5.18. The van der Waals surface area contributed by atoms with Crippen LogP contribution in [0.25, 0.3) is 0 Å². The Kier molecular flexibility index (Phi) is 3.35. The number of ether oxygens (including phenoxy) is 1. The van der Waals surface area contributed by atoms with Crippen LogP contribution in [0.5, 0.6) is 5.88 Å². The summed E-state index contributed by atoms with van der Waals surface area (Å²) in [5.74, 6) is 0.314. The van der Waals surface area contributed by atoms with Gasteiger partial charge in [0, 0.05) is 6.07 Å². The first-order valence-electron chi connectivity index (χ1n) is 6.78. The molecule has 0 atom stereocenters. The number of hydrogen-bond acceptors (Lipinski definition) is 4. The van der Waals surface area contributed by atoms with E-state index in [9.17, 15) is 4.79 Å². The van der Waals surface area contributed by atoms with Gasteiger partial charge in [0.05, 0.1) is 19.0 Å². The number of benzene rings is 1. The van der Waals surface area contributed by atoms with Gasteiger partial charge in [-0.15, -0.1) is 0 Å². The molecule has 1 heterocycles. The van der Waals surface area contributed by atoms with E-state index in [4.69, 9.17) is 10.5 Å². The molecule has 1 aliphatic carbocycles. The second-order valence-corrected chi connectivity index (χ2v) is 5.32. The first kappa shape index (κ1) is 13.6. The highest BCUT2D eigenvalue weighted by Crippen LogP contribution is 2.29. The minimum atomic E-state index is -0.899. The molecule has 108 valence electrons. The average Bonchev–Trinajstić information content (AvgIpc) is 2.85. The third kappa shape index (κ3) is 2.60. The summed E-state index contributed by atoms with van der Waals surface area (Å²) >= 11 is 0. The first-order chi connectivity index (χ1) is 10.1. The van der Waals surface area contributed by atoms with E-state index < -0.39 is 5.54 Å². The normalized spacial score (nSPS) is 15.3. The van der Waals surface area contributed by atoms with Crippen LogP contribution in [-0.4, -0.2) is 23.5 Å². The third-order valence-corrected chi connectivity index (χ3v) is 3.79. The molecule has 0 spiro atoms. The van der Waals surface area contributed by atoms with Crippen molar-refractivity contribution in [2.45, 2.75) is 18.4 Å². The number of carbonyl (C=O) groups is 1. The molecule has 1 aromatic heterocycles. The molecule has 0 unspecified atom stereocenters. The highest BCUT2D eigenvalue weighted by atomic mass is 16.5. The molecule has 0 radical (unpaired) electrons. The number of methoxy groups -OCH3 is 1. The molecular formula is C16H17N3O2. The highest BCUT2D eigenvalue weighted by molar-refractivity contribution is 5.99. The molecule has 1 amide bonds. The van der Waals surface area contributed by atoms with Crippen LogP contribution in [0.3, 0.4) is 0 Å². The van der Waals surface area contributed by atoms with Gasteiger partial charge in [-0.3, -0.25) is 4.79 Å². The Bertz CT molecular complexity index is 642. The number of amides is 1. The lowest BCUT2D eigenvalue weighted by molar-refractivity contribution is -0.120. The third-order valence-electron chi connectivity index (χ3n) is 3.79. The van der Waals surface area contributed by atoms with Crippen LogP contribution < -0.4 is 15.8 Å². The van der Waals surface area contributed by atoms with E-state index in [1.165, 1.54) is 0 Å². The standard InChI is InChI=1S/C16H17N3O2/c1-21-14-7-6-13(10-18-14)19-15(20)16(17)8-11-4-2-3-5-12(11)9-16/h2-7,10H,8-9,17H2,1H3,(H,19,20). The van der Waals surface area contributed by atoms with Gasteiger partial charge in [-0.05, 0) is 30.0 Å². The molecule has 0 saturated carbocycles. The molecule has 0 fully saturated rings. The molecule has 3 N–H and O–H groups in total. The summed E-state index contributed by atoms with van der Waals surface area (Å²) in [4.78, 5) is 16.5. The van der Waals surface area contributed by atoms with Crippen LogP contribution in [0.2, 0.25) is 0 Å². The zero-order chi connectivity index (χ0) is 14.9. The summed E-state index contributed by atoms with van der Waals surface area (Å²) in [6.07, 6.45) is 2.67. The average molecular weight is 283 g/mol. The van der Waals surface area contributed by atoms with E-state index in [0.29, 0.717) is 24.4 Å². The van der Waals surface area contributed by atoms with Gasteiger partial charge < -0.3 is 15.8 Å². The van der Waals surface area contributed by atoms with Crippen molar-refractivity contribution in [3.05, 3.63) is 53.7 Å².